The van der Waals surface area contributed by atoms with Crippen molar-refractivity contribution in [2.45, 2.75) is 53.6 Å². The van der Waals surface area contributed by atoms with Crippen LogP contribution in [0.15, 0.2) is 47.5 Å². The van der Waals surface area contributed by atoms with E-state index >= 15 is 0 Å². The molecular formula is C28H27ClF2N4O2. The molecule has 192 valence electrons. The molecule has 4 rings (SSSR count). The average Bonchev–Trinajstić information content (AvgIpc) is 2.82. The molecule has 3 heterocycles. The van der Waals surface area contributed by atoms with Gasteiger partial charge in [-0.3, -0.25) is 14.3 Å². The summed E-state index contributed by atoms with van der Waals surface area (Å²) in [4.78, 5) is 27.1. The first-order valence-corrected chi connectivity index (χ1v) is 12.0. The maximum atomic E-state index is 14.0. The fraction of sp³-hybridized carbons (Fsp3) is 0.286. The van der Waals surface area contributed by atoms with E-state index in [-0.39, 0.29) is 28.2 Å². The number of pyridine rings is 2. The van der Waals surface area contributed by atoms with Crippen LogP contribution in [-0.2, 0) is 12.0 Å². The molecule has 0 aliphatic heterocycles. The fourth-order valence-corrected chi connectivity index (χ4v) is 4.02. The quantitative estimate of drug-likeness (QED) is 0.301. The highest BCUT2D eigenvalue weighted by molar-refractivity contribution is 6.32. The number of rotatable bonds is 5. The van der Waals surface area contributed by atoms with E-state index in [9.17, 15) is 13.6 Å². The molecule has 6 nitrogen and oxygen atoms in total. The van der Waals surface area contributed by atoms with E-state index in [1.807, 2.05) is 27.7 Å². The van der Waals surface area contributed by atoms with E-state index in [0.29, 0.717) is 39.9 Å². The molecule has 1 aromatic carbocycles. The Morgan fingerprint density at radius 3 is 2.43 bits per heavy atom. The van der Waals surface area contributed by atoms with E-state index in [1.54, 1.807) is 32.2 Å². The predicted octanol–water partition coefficient (Wildman–Crippen LogP) is 6.42. The van der Waals surface area contributed by atoms with Gasteiger partial charge in [0, 0.05) is 41.2 Å². The summed E-state index contributed by atoms with van der Waals surface area (Å²) < 4.78 is 34.4. The summed E-state index contributed by atoms with van der Waals surface area (Å²) >= 11 is 6.51. The van der Waals surface area contributed by atoms with Gasteiger partial charge in [-0.15, -0.1) is 0 Å². The van der Waals surface area contributed by atoms with Gasteiger partial charge in [-0.25, -0.2) is 18.7 Å². The second-order valence-electron chi connectivity index (χ2n) is 9.94. The molecule has 0 fully saturated rings. The molecule has 0 radical (unpaired) electrons. The van der Waals surface area contributed by atoms with Gasteiger partial charge >= 0.3 is 0 Å². The van der Waals surface area contributed by atoms with Crippen LogP contribution in [0, 0.1) is 32.4 Å². The Kier molecular flexibility index (Phi) is 7.15. The highest BCUT2D eigenvalue weighted by Crippen LogP contribution is 2.29. The number of halogens is 3. The summed E-state index contributed by atoms with van der Waals surface area (Å²) in [5.74, 6) is -0.409. The second kappa shape index (κ2) is 10.0. The smallest absolute Gasteiger partial charge is 0.261 e. The van der Waals surface area contributed by atoms with Crippen LogP contribution >= 0.6 is 11.6 Å². The number of benzene rings is 1. The molecule has 0 amide bonds. The van der Waals surface area contributed by atoms with Crippen molar-refractivity contribution in [2.24, 2.45) is 0 Å². The Hall–Kier alpha value is -3.65. The van der Waals surface area contributed by atoms with Gasteiger partial charge in [0.25, 0.3) is 5.56 Å². The van der Waals surface area contributed by atoms with E-state index in [4.69, 9.17) is 21.3 Å². The van der Waals surface area contributed by atoms with Gasteiger partial charge in [-0.1, -0.05) is 32.4 Å². The van der Waals surface area contributed by atoms with Crippen LogP contribution < -0.4 is 10.3 Å². The monoisotopic (exact) mass is 524 g/mol. The number of ether oxygens (including phenoxy) is 1. The second-order valence-corrected chi connectivity index (χ2v) is 10.3. The summed E-state index contributed by atoms with van der Waals surface area (Å²) in [7, 11) is 0. The van der Waals surface area contributed by atoms with Gasteiger partial charge < -0.3 is 4.74 Å². The minimum absolute atomic E-state index is 0.154. The summed E-state index contributed by atoms with van der Waals surface area (Å²) in [6, 6.07) is 6.67. The van der Waals surface area contributed by atoms with Gasteiger partial charge in [-0.05, 0) is 44.5 Å². The van der Waals surface area contributed by atoms with Crippen LogP contribution in [0.1, 0.15) is 49.0 Å². The van der Waals surface area contributed by atoms with Crippen LogP contribution in [-0.4, -0.2) is 19.5 Å². The van der Waals surface area contributed by atoms with Gasteiger partial charge in [0.15, 0.2) is 0 Å². The predicted molar refractivity (Wildman–Crippen MR) is 139 cm³/mol. The molecule has 0 unspecified atom stereocenters. The Morgan fingerprint density at radius 2 is 1.76 bits per heavy atom. The zero-order valence-electron chi connectivity index (χ0n) is 21.5. The first-order valence-electron chi connectivity index (χ1n) is 11.7. The van der Waals surface area contributed by atoms with Crippen LogP contribution in [0.25, 0.3) is 17.1 Å². The minimum Gasteiger partial charge on any atom is -0.488 e. The zero-order chi connectivity index (χ0) is 27.1. The number of hydrogen-bond donors (Lipinski definition) is 0. The molecule has 3 aromatic heterocycles. The van der Waals surface area contributed by atoms with Crippen LogP contribution in [0.4, 0.5) is 8.78 Å². The van der Waals surface area contributed by atoms with Crippen molar-refractivity contribution in [3.63, 3.8) is 0 Å². The van der Waals surface area contributed by atoms with Crippen molar-refractivity contribution in [2.75, 3.05) is 0 Å². The molecule has 0 saturated heterocycles. The third-order valence-corrected chi connectivity index (χ3v) is 6.24. The van der Waals surface area contributed by atoms with E-state index in [0.717, 1.165) is 17.7 Å². The van der Waals surface area contributed by atoms with E-state index in [2.05, 4.69) is 9.97 Å². The van der Waals surface area contributed by atoms with Crippen molar-refractivity contribution in [1.29, 1.82) is 0 Å². The SMILES string of the molecule is Cc1cnc(C(C)(C)C)nc1-c1cc(-n2c(C)cc(OCc3ccc(F)cc3F)c(C)c2=O)c(Cl)cn1. The topological polar surface area (TPSA) is 69.9 Å². The van der Waals surface area contributed by atoms with Crippen LogP contribution in [0.2, 0.25) is 5.02 Å². The molecule has 0 bridgehead atoms. The molecule has 0 N–H and O–H groups in total. The normalized spacial score (nSPS) is 11.6. The van der Waals surface area contributed by atoms with Gasteiger partial charge in [0.2, 0.25) is 0 Å². The van der Waals surface area contributed by atoms with Crippen molar-refractivity contribution in [3.8, 4) is 22.8 Å². The highest BCUT2D eigenvalue weighted by atomic mass is 35.5. The zero-order valence-corrected chi connectivity index (χ0v) is 22.2. The average molecular weight is 525 g/mol. The van der Waals surface area contributed by atoms with Gasteiger partial charge in [0.05, 0.1) is 27.7 Å². The minimum atomic E-state index is -0.714. The molecule has 4 aromatic rings. The lowest BCUT2D eigenvalue weighted by Gasteiger charge is -2.19. The van der Waals surface area contributed by atoms with Crippen molar-refractivity contribution in [1.82, 2.24) is 19.5 Å². The third kappa shape index (κ3) is 5.39. The fourth-order valence-electron chi connectivity index (χ4n) is 3.83. The van der Waals surface area contributed by atoms with Gasteiger partial charge in [-0.2, -0.15) is 0 Å². The summed E-state index contributed by atoms with van der Waals surface area (Å²) in [6.07, 6.45) is 3.25. The maximum Gasteiger partial charge on any atom is 0.261 e. The first kappa shape index (κ1) is 26.4. The Balaban J connectivity index is 1.75. The molecule has 0 spiro atoms. The Bertz CT molecular complexity index is 1560. The van der Waals surface area contributed by atoms with Crippen molar-refractivity contribution < 1.29 is 13.5 Å². The number of aryl methyl sites for hydroxylation is 2. The van der Waals surface area contributed by atoms with Crippen LogP contribution in [0.3, 0.4) is 0 Å². The molecule has 0 aliphatic carbocycles. The molecular weight excluding hydrogens is 498 g/mol. The lowest BCUT2D eigenvalue weighted by Crippen LogP contribution is -2.24. The number of hydrogen-bond acceptors (Lipinski definition) is 5. The molecule has 0 aliphatic rings. The summed E-state index contributed by atoms with van der Waals surface area (Å²) in [6.45, 7) is 11.2. The van der Waals surface area contributed by atoms with Crippen molar-refractivity contribution >= 4 is 11.6 Å². The lowest BCUT2D eigenvalue weighted by atomic mass is 9.95. The molecule has 0 atom stereocenters. The summed E-state index contributed by atoms with van der Waals surface area (Å²) in [5, 5.41) is 0.290. The third-order valence-electron chi connectivity index (χ3n) is 5.95. The Morgan fingerprint density at radius 1 is 1.03 bits per heavy atom. The summed E-state index contributed by atoms with van der Waals surface area (Å²) in [5.41, 5.74) is 2.95. The highest BCUT2D eigenvalue weighted by Gasteiger charge is 2.21. The van der Waals surface area contributed by atoms with Crippen molar-refractivity contribution in [3.05, 3.63) is 97.9 Å². The van der Waals surface area contributed by atoms with Gasteiger partial charge in [0.1, 0.15) is 29.8 Å². The number of aromatic nitrogens is 4. The molecule has 0 saturated carbocycles. The molecule has 9 heteroatoms. The van der Waals surface area contributed by atoms with E-state index < -0.39 is 11.6 Å². The largest absolute Gasteiger partial charge is 0.488 e. The lowest BCUT2D eigenvalue weighted by molar-refractivity contribution is 0.296. The van der Waals surface area contributed by atoms with E-state index in [1.165, 1.54) is 16.8 Å². The first-order chi connectivity index (χ1) is 17.4. The standard InChI is InChI=1S/C28H27ClF2N4O2/c1-15-12-33-27(28(4,5)6)34-25(15)22-11-23(20(29)13-32-22)35-16(2)9-24(17(3)26(35)36)37-14-18-7-8-19(30)10-21(18)31/h7-13H,14H2,1-6H3. The van der Waals surface area contributed by atoms with Crippen LogP contribution in [0.5, 0.6) is 5.75 Å². The molecule has 37 heavy (non-hydrogen) atoms. The maximum absolute atomic E-state index is 14.0. The Labute approximate surface area is 219 Å². The number of nitrogens with zero attached hydrogens (tertiary/aromatic N) is 4.